The third-order valence-corrected chi connectivity index (χ3v) is 15.2. The SMILES string of the molecule is CCN1/C(=C/C=C/C=C/C2=[N+](CCCCCC(=O)NCCCC[C@H](NC(=O)CNC(=O)[C@@H](N)CS)C(=O)NCC(=O)NCCOCCOCC(=O)NCCOC)c3ccc(S(=O)(=O)O)cc3C2(C)C)C(C)(C)c2cc(OS(=O)O)ccc21. The highest BCUT2D eigenvalue weighted by molar-refractivity contribution is 7.85. The summed E-state index contributed by atoms with van der Waals surface area (Å²) < 4.78 is 77.7. The number of likely N-dealkylation sites (N-methyl/N-ethyl adjacent to an activating group) is 1. The van der Waals surface area contributed by atoms with E-state index in [2.05, 4.69) is 67.9 Å². The molecular formula is C55H82N9O15S3+. The number of amides is 6. The quantitative estimate of drug-likeness (QED) is 0.0116. The van der Waals surface area contributed by atoms with Crippen molar-refractivity contribution in [3.05, 3.63) is 83.6 Å². The lowest BCUT2D eigenvalue weighted by atomic mass is 9.81. The Morgan fingerprint density at radius 1 is 0.780 bits per heavy atom. The Labute approximate surface area is 488 Å². The smallest absolute Gasteiger partial charge is 0.357 e. The van der Waals surface area contributed by atoms with Crippen LogP contribution < -0.4 is 46.7 Å². The van der Waals surface area contributed by atoms with E-state index in [0.29, 0.717) is 70.6 Å². The van der Waals surface area contributed by atoms with Crippen LogP contribution in [0.2, 0.25) is 0 Å². The van der Waals surface area contributed by atoms with E-state index < -0.39 is 81.1 Å². The molecule has 2 aromatic rings. The summed E-state index contributed by atoms with van der Waals surface area (Å²) in [5.41, 5.74) is 9.98. The van der Waals surface area contributed by atoms with Crippen LogP contribution in [0.4, 0.5) is 11.4 Å². The molecule has 82 heavy (non-hydrogen) atoms. The number of hydrogen-bond donors (Lipinski definition) is 10. The summed E-state index contributed by atoms with van der Waals surface area (Å²) in [7, 11) is -2.94. The van der Waals surface area contributed by atoms with E-state index in [1.165, 1.54) is 19.2 Å². The number of unbranched alkanes of at least 4 members (excludes halogenated alkanes) is 3. The molecule has 0 saturated carbocycles. The predicted octanol–water partition coefficient (Wildman–Crippen LogP) is 2.37. The summed E-state index contributed by atoms with van der Waals surface area (Å²) in [4.78, 5) is 77.2. The molecule has 10 N–H and O–H groups in total. The van der Waals surface area contributed by atoms with Gasteiger partial charge in [-0.3, -0.25) is 37.9 Å². The third kappa shape index (κ3) is 21.3. The summed E-state index contributed by atoms with van der Waals surface area (Å²) >= 11 is 1.54. The number of thiol groups is 1. The molecule has 454 valence electrons. The van der Waals surface area contributed by atoms with E-state index in [1.54, 1.807) is 18.2 Å². The average molecular weight is 1210 g/mol. The Balaban J connectivity index is 1.28. The van der Waals surface area contributed by atoms with Gasteiger partial charge in [0.1, 0.15) is 24.9 Å². The summed E-state index contributed by atoms with van der Waals surface area (Å²) in [6.45, 7) is 12.2. The average Bonchev–Trinajstić information content (AvgIpc) is 3.90. The molecule has 0 aromatic heterocycles. The number of carbonyl (C=O) groups excluding carboxylic acids is 6. The van der Waals surface area contributed by atoms with Crippen LogP contribution in [0.15, 0.2) is 77.4 Å². The zero-order chi connectivity index (χ0) is 60.5. The maximum Gasteiger partial charge on any atom is 0.357 e. The second-order valence-electron chi connectivity index (χ2n) is 20.3. The van der Waals surface area contributed by atoms with E-state index >= 15 is 0 Å². The molecule has 2 heterocycles. The van der Waals surface area contributed by atoms with Crippen LogP contribution in [-0.2, 0) is 75.3 Å². The van der Waals surface area contributed by atoms with Gasteiger partial charge in [0.15, 0.2) is 5.71 Å². The normalized spacial score (nSPS) is 15.9. The Morgan fingerprint density at radius 2 is 1.48 bits per heavy atom. The minimum Gasteiger partial charge on any atom is -0.383 e. The fourth-order valence-corrected chi connectivity index (χ4v) is 10.2. The van der Waals surface area contributed by atoms with E-state index in [4.69, 9.17) is 24.1 Å². The van der Waals surface area contributed by atoms with Crippen molar-refractivity contribution in [1.29, 1.82) is 0 Å². The van der Waals surface area contributed by atoms with Gasteiger partial charge < -0.3 is 60.9 Å². The second-order valence-corrected chi connectivity index (χ2v) is 22.7. The van der Waals surface area contributed by atoms with Crippen LogP contribution >= 0.6 is 12.6 Å². The van der Waals surface area contributed by atoms with Gasteiger partial charge >= 0.3 is 11.4 Å². The zero-order valence-electron chi connectivity index (χ0n) is 47.6. The molecule has 2 aromatic carbocycles. The molecule has 1 unspecified atom stereocenters. The number of anilines is 1. The van der Waals surface area contributed by atoms with Gasteiger partial charge in [0.2, 0.25) is 41.1 Å². The Hall–Kier alpha value is -6.04. The summed E-state index contributed by atoms with van der Waals surface area (Å²) in [6, 6.07) is 7.92. The number of methoxy groups -OCH3 is 1. The fourth-order valence-electron chi connectivity index (χ4n) is 9.30. The minimum atomic E-state index is -4.47. The van der Waals surface area contributed by atoms with Crippen molar-refractivity contribution in [3.63, 3.8) is 0 Å². The highest BCUT2D eigenvalue weighted by Gasteiger charge is 2.45. The summed E-state index contributed by atoms with van der Waals surface area (Å²) in [5, 5.41) is 15.7. The molecule has 4 rings (SSSR count). The first-order chi connectivity index (χ1) is 39.0. The van der Waals surface area contributed by atoms with Gasteiger partial charge in [0.05, 0.1) is 55.9 Å². The molecule has 0 spiro atoms. The highest BCUT2D eigenvalue weighted by Crippen LogP contribution is 2.49. The van der Waals surface area contributed by atoms with Crippen LogP contribution in [0, 0.1) is 0 Å². The van der Waals surface area contributed by atoms with Crippen LogP contribution in [-0.4, -0.2) is 171 Å². The number of benzene rings is 2. The topological polar surface area (TPSA) is 335 Å². The zero-order valence-corrected chi connectivity index (χ0v) is 50.1. The van der Waals surface area contributed by atoms with Gasteiger partial charge in [-0.1, -0.05) is 32.1 Å². The number of nitrogens with one attached hydrogen (secondary N) is 6. The molecule has 0 saturated heterocycles. The van der Waals surface area contributed by atoms with Gasteiger partial charge in [-0.2, -0.15) is 29.8 Å². The van der Waals surface area contributed by atoms with E-state index in [-0.39, 0.29) is 68.3 Å². The largest absolute Gasteiger partial charge is 0.383 e. The molecule has 0 radical (unpaired) electrons. The number of allylic oxidation sites excluding steroid dienone is 6. The Morgan fingerprint density at radius 3 is 2.18 bits per heavy atom. The number of nitrogens with zero attached hydrogens (tertiary/aromatic N) is 2. The number of fused-ring (bicyclic) bond motifs is 2. The van der Waals surface area contributed by atoms with Crippen LogP contribution in [0.1, 0.15) is 90.7 Å². The third-order valence-electron chi connectivity index (χ3n) is 13.6. The standard InChI is InChI=1S/C55H81N9O15S3/c1-7-63-44-22-20-38(79-81(71)72)32-40(44)54(2,3)46(63)17-10-8-11-18-47-55(4,5)41-33-39(82(73,74)75)21-23-45(41)64(47)27-15-9-12-19-48(65)57-24-14-13-16-43(62-50(67)35-60-52(69)42(56)37-80)53(70)61-34-49(66)58-26-29-77-30-31-78-36-51(68)59-25-28-76-6/h8,10-11,17-18,20-23,32-33,42-43H,7,9,12-16,19,24-31,34-37,56H2,1-6H3,(H8-,57,58,59,60,61,62,65,66,67,68,69,70,71,72,73,74,75,80)/p+1/t42-,43-/m0/s1. The molecule has 2 aliphatic rings. The molecule has 27 heteroatoms. The van der Waals surface area contributed by atoms with Gasteiger partial charge in [-0.15, -0.1) is 0 Å². The minimum absolute atomic E-state index is 0.0567. The summed E-state index contributed by atoms with van der Waals surface area (Å²) in [5.74, 6) is -2.48. The van der Waals surface area contributed by atoms with E-state index in [0.717, 1.165) is 33.9 Å². The molecule has 6 amide bonds. The van der Waals surface area contributed by atoms with Crippen molar-refractivity contribution in [2.75, 3.05) is 96.6 Å². The van der Waals surface area contributed by atoms with E-state index in [1.807, 2.05) is 57.2 Å². The van der Waals surface area contributed by atoms with Gasteiger partial charge in [0.25, 0.3) is 10.1 Å². The first kappa shape index (κ1) is 68.5. The highest BCUT2D eigenvalue weighted by atomic mass is 32.2. The van der Waals surface area contributed by atoms with Crippen molar-refractivity contribution in [1.82, 2.24) is 31.9 Å². The van der Waals surface area contributed by atoms with Crippen molar-refractivity contribution >= 4 is 86.6 Å². The second kappa shape index (κ2) is 33.9. The van der Waals surface area contributed by atoms with Crippen molar-refractivity contribution in [3.8, 4) is 5.75 Å². The molecule has 2 aliphatic heterocycles. The molecule has 0 fully saturated rings. The molecule has 0 bridgehead atoms. The molecule has 0 aliphatic carbocycles. The van der Waals surface area contributed by atoms with Crippen LogP contribution in [0.5, 0.6) is 5.75 Å². The molecule has 3 atom stereocenters. The fraction of sp³-hybridized carbons (Fsp3) is 0.545. The lowest BCUT2D eigenvalue weighted by molar-refractivity contribution is -0.438. The monoisotopic (exact) mass is 1200 g/mol. The Kier molecular flexibility index (Phi) is 28.3. The molecular weight excluding hydrogens is 1120 g/mol. The number of rotatable bonds is 37. The van der Waals surface area contributed by atoms with Gasteiger partial charge in [0, 0.05) is 86.4 Å². The molecule has 24 nitrogen and oxygen atoms in total. The number of hydrogen-bond acceptors (Lipinski definition) is 16. The van der Waals surface area contributed by atoms with Gasteiger partial charge in [-0.05, 0) is 94.8 Å². The lowest BCUT2D eigenvalue weighted by Crippen LogP contribution is -2.52. The maximum atomic E-state index is 13.2. The van der Waals surface area contributed by atoms with Crippen LogP contribution in [0.3, 0.4) is 0 Å². The number of nitrogens with two attached hydrogens (primary N) is 1. The predicted molar refractivity (Wildman–Crippen MR) is 314 cm³/mol. The first-order valence-corrected chi connectivity index (χ1v) is 30.3. The van der Waals surface area contributed by atoms with Crippen molar-refractivity contribution < 1.29 is 73.5 Å². The first-order valence-electron chi connectivity index (χ1n) is 27.2. The summed E-state index contributed by atoms with van der Waals surface area (Å²) in [6.07, 6.45) is 13.1. The van der Waals surface area contributed by atoms with E-state index in [9.17, 15) is 50.5 Å². The number of carbonyl (C=O) groups is 6. The van der Waals surface area contributed by atoms with Crippen molar-refractivity contribution in [2.45, 2.75) is 107 Å². The lowest BCUT2D eigenvalue weighted by Gasteiger charge is -2.25. The van der Waals surface area contributed by atoms with Gasteiger partial charge in [-0.25, -0.2) is 0 Å². The van der Waals surface area contributed by atoms with Crippen molar-refractivity contribution in [2.24, 2.45) is 5.73 Å². The van der Waals surface area contributed by atoms with Crippen LogP contribution in [0.25, 0.3) is 0 Å². The number of ether oxygens (including phenoxy) is 3. The Bertz CT molecular complexity index is 2810. The maximum absolute atomic E-state index is 13.2.